The Morgan fingerprint density at radius 1 is 1.12 bits per heavy atom. The molecule has 1 amide bonds. The normalized spacial score (nSPS) is 16.2. The van der Waals surface area contributed by atoms with Gasteiger partial charge >= 0.3 is 0 Å². The molecule has 0 saturated carbocycles. The summed E-state index contributed by atoms with van der Waals surface area (Å²) in [6.07, 6.45) is 3.59. The van der Waals surface area contributed by atoms with Gasteiger partial charge in [0.1, 0.15) is 5.82 Å². The number of benzene rings is 2. The van der Waals surface area contributed by atoms with Gasteiger partial charge in [-0.25, -0.2) is 9.07 Å². The smallest absolute Gasteiger partial charge is 0.253 e. The highest BCUT2D eigenvalue weighted by molar-refractivity contribution is 5.94. The summed E-state index contributed by atoms with van der Waals surface area (Å²) in [5.74, 6) is -0.132. The lowest BCUT2D eigenvalue weighted by Crippen LogP contribution is -2.39. The van der Waals surface area contributed by atoms with Gasteiger partial charge in [-0.3, -0.25) is 9.89 Å². The number of aryl methyl sites for hydroxylation is 2. The van der Waals surface area contributed by atoms with Gasteiger partial charge in [0.2, 0.25) is 0 Å². The second kappa shape index (κ2) is 8.65. The molecule has 33 heavy (non-hydrogen) atoms. The Bertz CT molecular complexity index is 1290. The fourth-order valence-electron chi connectivity index (χ4n) is 4.71. The van der Waals surface area contributed by atoms with Gasteiger partial charge in [0.05, 0.1) is 17.6 Å². The topological polar surface area (TPSA) is 66.8 Å². The molecule has 2 aromatic carbocycles. The van der Waals surface area contributed by atoms with Crippen molar-refractivity contribution in [1.29, 1.82) is 0 Å². The zero-order valence-electron chi connectivity index (χ0n) is 18.8. The fraction of sp³-hybridized carbons (Fsp3) is 0.269. The van der Waals surface area contributed by atoms with Gasteiger partial charge in [-0.2, -0.15) is 10.2 Å². The second-order valence-corrected chi connectivity index (χ2v) is 8.68. The molecule has 1 saturated heterocycles. The van der Waals surface area contributed by atoms with Crippen LogP contribution in [-0.2, 0) is 0 Å². The van der Waals surface area contributed by atoms with Crippen molar-refractivity contribution in [2.45, 2.75) is 32.6 Å². The first kappa shape index (κ1) is 21.1. The van der Waals surface area contributed by atoms with E-state index in [9.17, 15) is 9.18 Å². The number of likely N-dealkylation sites (tertiary alicyclic amines) is 1. The number of rotatable bonds is 4. The summed E-state index contributed by atoms with van der Waals surface area (Å²) in [5, 5.41) is 11.8. The molecule has 5 rings (SSSR count). The molecule has 1 N–H and O–H groups in total. The molecule has 1 aliphatic heterocycles. The van der Waals surface area contributed by atoms with Crippen LogP contribution in [0.2, 0.25) is 0 Å². The molecule has 3 heterocycles. The van der Waals surface area contributed by atoms with Crippen molar-refractivity contribution in [3.8, 4) is 16.8 Å². The maximum Gasteiger partial charge on any atom is 0.253 e. The van der Waals surface area contributed by atoms with Crippen molar-refractivity contribution >= 4 is 5.91 Å². The van der Waals surface area contributed by atoms with E-state index >= 15 is 0 Å². The van der Waals surface area contributed by atoms with Gasteiger partial charge in [0.15, 0.2) is 0 Å². The van der Waals surface area contributed by atoms with Crippen LogP contribution in [-0.4, -0.2) is 43.9 Å². The Morgan fingerprint density at radius 3 is 2.67 bits per heavy atom. The molecule has 2 aromatic heterocycles. The Morgan fingerprint density at radius 2 is 1.94 bits per heavy atom. The average Bonchev–Trinajstić information content (AvgIpc) is 3.45. The van der Waals surface area contributed by atoms with Crippen molar-refractivity contribution in [2.24, 2.45) is 0 Å². The number of hydrogen-bond donors (Lipinski definition) is 1. The number of amides is 1. The summed E-state index contributed by atoms with van der Waals surface area (Å²) < 4.78 is 15.6. The maximum absolute atomic E-state index is 13.8. The SMILES string of the molecule is Cc1cc(C)n(-c2ccc(C(=O)N3CCCC(c4[nH]ncc4-c4cccc(F)c4)C3)cc2)n1. The highest BCUT2D eigenvalue weighted by Gasteiger charge is 2.28. The van der Waals surface area contributed by atoms with E-state index in [-0.39, 0.29) is 17.6 Å². The van der Waals surface area contributed by atoms with Crippen LogP contribution in [0.4, 0.5) is 4.39 Å². The lowest BCUT2D eigenvalue weighted by atomic mass is 9.90. The minimum atomic E-state index is -0.274. The number of nitrogens with zero attached hydrogens (tertiary/aromatic N) is 4. The molecule has 0 bridgehead atoms. The monoisotopic (exact) mass is 443 g/mol. The molecule has 6 nitrogen and oxygen atoms in total. The predicted octanol–water partition coefficient (Wildman–Crippen LogP) is 5.04. The van der Waals surface area contributed by atoms with Gasteiger partial charge in [0, 0.05) is 41.5 Å². The van der Waals surface area contributed by atoms with E-state index in [1.165, 1.54) is 12.1 Å². The summed E-state index contributed by atoms with van der Waals surface area (Å²) in [4.78, 5) is 15.2. The van der Waals surface area contributed by atoms with Crippen molar-refractivity contribution in [1.82, 2.24) is 24.9 Å². The molecule has 168 valence electrons. The van der Waals surface area contributed by atoms with Crippen molar-refractivity contribution in [2.75, 3.05) is 13.1 Å². The van der Waals surface area contributed by atoms with Crippen LogP contribution in [0.5, 0.6) is 0 Å². The summed E-state index contributed by atoms with van der Waals surface area (Å²) in [6.45, 7) is 5.30. The van der Waals surface area contributed by atoms with E-state index in [2.05, 4.69) is 15.3 Å². The first-order chi connectivity index (χ1) is 16.0. The number of nitrogens with one attached hydrogen (secondary N) is 1. The maximum atomic E-state index is 13.8. The van der Waals surface area contributed by atoms with Crippen LogP contribution in [0, 0.1) is 19.7 Å². The first-order valence-electron chi connectivity index (χ1n) is 11.2. The Kier molecular flexibility index (Phi) is 5.54. The number of carbonyl (C=O) groups is 1. The molecule has 1 atom stereocenters. The number of hydrogen-bond acceptors (Lipinski definition) is 3. The molecule has 1 aliphatic rings. The fourth-order valence-corrected chi connectivity index (χ4v) is 4.71. The summed E-state index contributed by atoms with van der Waals surface area (Å²) in [5.41, 5.74) is 6.26. The van der Waals surface area contributed by atoms with E-state index in [0.717, 1.165) is 53.3 Å². The molecule has 0 aliphatic carbocycles. The number of H-pyrrole nitrogens is 1. The number of piperidine rings is 1. The molecular weight excluding hydrogens is 417 g/mol. The lowest BCUT2D eigenvalue weighted by molar-refractivity contribution is 0.0706. The Hall–Kier alpha value is -3.74. The van der Waals surface area contributed by atoms with E-state index in [0.29, 0.717) is 12.1 Å². The van der Waals surface area contributed by atoms with Gasteiger partial charge in [-0.15, -0.1) is 0 Å². The number of carbonyl (C=O) groups excluding carboxylic acids is 1. The Balaban J connectivity index is 1.34. The van der Waals surface area contributed by atoms with Crippen LogP contribution in [0.25, 0.3) is 16.8 Å². The molecule has 0 radical (unpaired) electrons. The van der Waals surface area contributed by atoms with E-state index in [1.807, 2.05) is 59.8 Å². The molecular formula is C26H26FN5O. The van der Waals surface area contributed by atoms with Crippen molar-refractivity contribution < 1.29 is 9.18 Å². The second-order valence-electron chi connectivity index (χ2n) is 8.68. The lowest BCUT2D eigenvalue weighted by Gasteiger charge is -2.33. The van der Waals surface area contributed by atoms with Crippen LogP contribution in [0.1, 0.15) is 46.2 Å². The number of aromatic nitrogens is 4. The highest BCUT2D eigenvalue weighted by atomic mass is 19.1. The van der Waals surface area contributed by atoms with Crippen molar-refractivity contribution in [3.63, 3.8) is 0 Å². The summed E-state index contributed by atoms with van der Waals surface area (Å²) in [6, 6.07) is 16.2. The number of halogens is 1. The molecule has 0 spiro atoms. The van der Waals surface area contributed by atoms with Gasteiger partial charge < -0.3 is 4.90 Å². The van der Waals surface area contributed by atoms with Gasteiger partial charge in [-0.1, -0.05) is 12.1 Å². The molecule has 1 unspecified atom stereocenters. The van der Waals surface area contributed by atoms with E-state index in [1.54, 1.807) is 12.3 Å². The van der Waals surface area contributed by atoms with E-state index in [4.69, 9.17) is 0 Å². The van der Waals surface area contributed by atoms with Crippen LogP contribution < -0.4 is 0 Å². The largest absolute Gasteiger partial charge is 0.338 e. The van der Waals surface area contributed by atoms with Crippen molar-refractivity contribution in [3.05, 3.63) is 89.3 Å². The summed E-state index contributed by atoms with van der Waals surface area (Å²) >= 11 is 0. The highest BCUT2D eigenvalue weighted by Crippen LogP contribution is 2.33. The zero-order valence-corrected chi connectivity index (χ0v) is 18.8. The third-order valence-corrected chi connectivity index (χ3v) is 6.29. The minimum Gasteiger partial charge on any atom is -0.338 e. The van der Waals surface area contributed by atoms with Gasteiger partial charge in [0.25, 0.3) is 5.91 Å². The van der Waals surface area contributed by atoms with Gasteiger partial charge in [-0.05, 0) is 74.7 Å². The third-order valence-electron chi connectivity index (χ3n) is 6.29. The zero-order chi connectivity index (χ0) is 22.9. The molecule has 4 aromatic rings. The van der Waals surface area contributed by atoms with Crippen LogP contribution in [0.3, 0.4) is 0 Å². The quantitative estimate of drug-likeness (QED) is 0.481. The average molecular weight is 444 g/mol. The summed E-state index contributed by atoms with van der Waals surface area (Å²) in [7, 11) is 0. The number of aromatic amines is 1. The van der Waals surface area contributed by atoms with E-state index < -0.39 is 0 Å². The predicted molar refractivity (Wildman–Crippen MR) is 125 cm³/mol. The first-order valence-corrected chi connectivity index (χ1v) is 11.2. The standard InChI is InChI=1S/C26H26FN5O/c1-17-13-18(2)32(30-17)23-10-8-19(9-11-23)26(33)31-12-4-6-21(16-31)25-24(15-28-29-25)20-5-3-7-22(27)14-20/h3,5,7-11,13-15,21H,4,6,12,16H2,1-2H3,(H,28,29). The third kappa shape index (κ3) is 4.18. The molecule has 1 fully saturated rings. The van der Waals surface area contributed by atoms with Crippen LogP contribution >= 0.6 is 0 Å². The molecule has 7 heteroatoms. The van der Waals surface area contributed by atoms with Crippen LogP contribution in [0.15, 0.2) is 60.8 Å². The Labute approximate surface area is 192 Å². The minimum absolute atomic E-state index is 0.0199.